The van der Waals surface area contributed by atoms with Crippen LogP contribution in [0.1, 0.15) is 24.8 Å². The lowest BCUT2D eigenvalue weighted by molar-refractivity contribution is 0.239. The molecule has 15 heavy (non-hydrogen) atoms. The van der Waals surface area contributed by atoms with Crippen molar-refractivity contribution in [3.05, 3.63) is 34.6 Å². The molecule has 1 aliphatic rings. The van der Waals surface area contributed by atoms with Gasteiger partial charge in [-0.2, -0.15) is 0 Å². The van der Waals surface area contributed by atoms with Crippen LogP contribution in [0.15, 0.2) is 18.2 Å². The van der Waals surface area contributed by atoms with Gasteiger partial charge in [-0.25, -0.2) is 4.39 Å². The summed E-state index contributed by atoms with van der Waals surface area (Å²) in [4.78, 5) is 0. The van der Waals surface area contributed by atoms with Gasteiger partial charge in [-0.1, -0.05) is 24.1 Å². The molecule has 82 valence electrons. The summed E-state index contributed by atoms with van der Waals surface area (Å²) in [7, 11) is 1.95. The molecule has 1 N–H and O–H groups in total. The molecule has 1 fully saturated rings. The maximum Gasteiger partial charge on any atom is 0.141 e. The summed E-state index contributed by atoms with van der Waals surface area (Å²) in [5, 5.41) is 3.44. The van der Waals surface area contributed by atoms with Gasteiger partial charge in [0.1, 0.15) is 5.82 Å². The summed E-state index contributed by atoms with van der Waals surface area (Å²) in [5.41, 5.74) is 1.35. The molecule has 0 radical (unpaired) electrons. The van der Waals surface area contributed by atoms with E-state index in [-0.39, 0.29) is 16.3 Å². The van der Waals surface area contributed by atoms with Gasteiger partial charge < -0.3 is 5.32 Å². The number of likely N-dealkylation sites (N-methyl/N-ethyl adjacent to an activating group) is 1. The van der Waals surface area contributed by atoms with Crippen LogP contribution in [0.25, 0.3) is 0 Å². The molecule has 3 heteroatoms. The second-order valence-electron chi connectivity index (χ2n) is 4.29. The summed E-state index contributed by atoms with van der Waals surface area (Å²) in [6, 6.07) is 5.10. The Labute approximate surface area is 94.6 Å². The van der Waals surface area contributed by atoms with Crippen LogP contribution in [-0.2, 0) is 5.41 Å². The van der Waals surface area contributed by atoms with Gasteiger partial charge in [0.05, 0.1) is 5.02 Å². The van der Waals surface area contributed by atoms with Crippen molar-refractivity contribution in [2.75, 3.05) is 13.6 Å². The van der Waals surface area contributed by atoms with Crippen molar-refractivity contribution in [3.8, 4) is 0 Å². The van der Waals surface area contributed by atoms with E-state index in [2.05, 4.69) is 5.32 Å². The number of nitrogens with one attached hydrogen (secondary N) is 1. The van der Waals surface area contributed by atoms with Crippen LogP contribution in [-0.4, -0.2) is 13.6 Å². The Balaban J connectivity index is 2.30. The average Bonchev–Trinajstić information content (AvgIpc) is 2.16. The zero-order valence-corrected chi connectivity index (χ0v) is 9.57. The lowest BCUT2D eigenvalue weighted by atomic mass is 9.64. The second-order valence-corrected chi connectivity index (χ2v) is 4.70. The fourth-order valence-electron chi connectivity index (χ4n) is 2.34. The van der Waals surface area contributed by atoms with E-state index in [1.807, 2.05) is 13.1 Å². The van der Waals surface area contributed by atoms with E-state index in [0.717, 1.165) is 24.9 Å². The van der Waals surface area contributed by atoms with Crippen LogP contribution >= 0.6 is 11.6 Å². The van der Waals surface area contributed by atoms with Gasteiger partial charge in [-0.05, 0) is 37.6 Å². The third-order valence-corrected chi connectivity index (χ3v) is 3.65. The molecule has 0 aromatic heterocycles. The SMILES string of the molecule is CNCC1(c2ccc(F)c(Cl)c2)CCC1. The van der Waals surface area contributed by atoms with Crippen LogP contribution in [0.2, 0.25) is 5.02 Å². The molecule has 1 aromatic rings. The van der Waals surface area contributed by atoms with Crippen molar-refractivity contribution in [2.45, 2.75) is 24.7 Å². The normalized spacial score (nSPS) is 18.6. The van der Waals surface area contributed by atoms with Crippen LogP contribution in [0, 0.1) is 5.82 Å². The summed E-state index contributed by atoms with van der Waals surface area (Å²) < 4.78 is 13.0. The van der Waals surface area contributed by atoms with Crippen LogP contribution < -0.4 is 5.32 Å². The molecule has 0 aliphatic heterocycles. The average molecular weight is 228 g/mol. The lowest BCUT2D eigenvalue weighted by Crippen LogP contribution is -2.42. The molecule has 0 atom stereocenters. The van der Waals surface area contributed by atoms with Gasteiger partial charge in [-0.3, -0.25) is 0 Å². The quantitative estimate of drug-likeness (QED) is 0.837. The minimum Gasteiger partial charge on any atom is -0.319 e. The van der Waals surface area contributed by atoms with E-state index in [1.165, 1.54) is 12.5 Å². The van der Waals surface area contributed by atoms with Gasteiger partial charge in [0.25, 0.3) is 0 Å². The third-order valence-electron chi connectivity index (χ3n) is 3.36. The van der Waals surface area contributed by atoms with E-state index in [1.54, 1.807) is 6.07 Å². The molecule has 1 saturated carbocycles. The predicted molar refractivity (Wildman–Crippen MR) is 60.9 cm³/mol. The van der Waals surface area contributed by atoms with Crippen LogP contribution in [0.4, 0.5) is 4.39 Å². The third kappa shape index (κ3) is 1.88. The fourth-order valence-corrected chi connectivity index (χ4v) is 2.52. The Morgan fingerprint density at radius 2 is 2.20 bits per heavy atom. The minimum absolute atomic E-state index is 0.187. The van der Waals surface area contributed by atoms with Crippen molar-refractivity contribution in [1.29, 1.82) is 0 Å². The Bertz CT molecular complexity index is 361. The van der Waals surface area contributed by atoms with E-state index in [9.17, 15) is 4.39 Å². The summed E-state index contributed by atoms with van der Waals surface area (Å²) in [6.07, 6.45) is 3.57. The van der Waals surface area contributed by atoms with Crippen molar-refractivity contribution < 1.29 is 4.39 Å². The van der Waals surface area contributed by atoms with E-state index < -0.39 is 0 Å². The largest absolute Gasteiger partial charge is 0.319 e. The fraction of sp³-hybridized carbons (Fsp3) is 0.500. The van der Waals surface area contributed by atoms with Gasteiger partial charge >= 0.3 is 0 Å². The highest BCUT2D eigenvalue weighted by Gasteiger charge is 2.38. The monoisotopic (exact) mass is 227 g/mol. The first-order chi connectivity index (χ1) is 7.18. The zero-order valence-electron chi connectivity index (χ0n) is 8.82. The molecule has 0 spiro atoms. The first-order valence-corrected chi connectivity index (χ1v) is 5.66. The Morgan fingerprint density at radius 1 is 1.47 bits per heavy atom. The molecule has 2 rings (SSSR count). The molecule has 0 saturated heterocycles. The van der Waals surface area contributed by atoms with Crippen molar-refractivity contribution in [1.82, 2.24) is 5.32 Å². The number of hydrogen-bond donors (Lipinski definition) is 1. The Kier molecular flexibility index (Phi) is 2.98. The molecule has 1 aromatic carbocycles. The first kappa shape index (κ1) is 10.9. The molecule has 1 aliphatic carbocycles. The number of halogens is 2. The number of benzene rings is 1. The van der Waals surface area contributed by atoms with Crippen LogP contribution in [0.5, 0.6) is 0 Å². The number of rotatable bonds is 3. The maximum absolute atomic E-state index is 13.0. The molecule has 1 nitrogen and oxygen atoms in total. The van der Waals surface area contributed by atoms with Crippen molar-refractivity contribution in [2.24, 2.45) is 0 Å². The van der Waals surface area contributed by atoms with Gasteiger partial charge in [0.15, 0.2) is 0 Å². The van der Waals surface area contributed by atoms with E-state index in [0.29, 0.717) is 0 Å². The predicted octanol–water partition coefficient (Wildman–Crippen LogP) is 3.12. The molecular weight excluding hydrogens is 213 g/mol. The maximum atomic E-state index is 13.0. The molecule has 0 bridgehead atoms. The van der Waals surface area contributed by atoms with Gasteiger partial charge in [0.2, 0.25) is 0 Å². The molecule has 0 amide bonds. The minimum atomic E-state index is -0.334. The summed E-state index contributed by atoms with van der Waals surface area (Å²) >= 11 is 5.81. The van der Waals surface area contributed by atoms with Gasteiger partial charge in [0, 0.05) is 12.0 Å². The number of hydrogen-bond acceptors (Lipinski definition) is 1. The second kappa shape index (κ2) is 4.11. The summed E-state index contributed by atoms with van der Waals surface area (Å²) in [6.45, 7) is 0.939. The summed E-state index contributed by atoms with van der Waals surface area (Å²) in [5.74, 6) is -0.334. The molecule has 0 unspecified atom stereocenters. The lowest BCUT2D eigenvalue weighted by Gasteiger charge is -2.42. The topological polar surface area (TPSA) is 12.0 Å². The highest BCUT2D eigenvalue weighted by atomic mass is 35.5. The molecule has 0 heterocycles. The standard InChI is InChI=1S/C12H15ClFN/c1-15-8-12(5-2-6-12)9-3-4-11(14)10(13)7-9/h3-4,7,15H,2,5-6,8H2,1H3. The zero-order chi connectivity index (χ0) is 10.9. The van der Waals surface area contributed by atoms with Gasteiger partial charge in [-0.15, -0.1) is 0 Å². The van der Waals surface area contributed by atoms with Crippen molar-refractivity contribution in [3.63, 3.8) is 0 Å². The highest BCUT2D eigenvalue weighted by Crippen LogP contribution is 2.43. The first-order valence-electron chi connectivity index (χ1n) is 5.28. The smallest absolute Gasteiger partial charge is 0.141 e. The Morgan fingerprint density at radius 3 is 2.67 bits per heavy atom. The molecular formula is C12H15ClFN. The van der Waals surface area contributed by atoms with E-state index >= 15 is 0 Å². The Hall–Kier alpha value is -0.600. The highest BCUT2D eigenvalue weighted by molar-refractivity contribution is 6.30. The van der Waals surface area contributed by atoms with Crippen LogP contribution in [0.3, 0.4) is 0 Å². The van der Waals surface area contributed by atoms with E-state index in [4.69, 9.17) is 11.6 Å². The van der Waals surface area contributed by atoms with Crippen molar-refractivity contribution >= 4 is 11.6 Å².